The molecule has 5 nitrogen and oxygen atoms in total. The Morgan fingerprint density at radius 2 is 2.05 bits per heavy atom. The van der Waals surface area contributed by atoms with Crippen LogP contribution in [0.25, 0.3) is 0 Å². The zero-order chi connectivity index (χ0) is 13.9. The molecule has 0 atom stereocenters. The highest BCUT2D eigenvalue weighted by molar-refractivity contribution is 6.05. The minimum atomic E-state index is -0.336. The van der Waals surface area contributed by atoms with E-state index in [0.29, 0.717) is 23.0 Å². The van der Waals surface area contributed by atoms with E-state index >= 15 is 0 Å². The predicted molar refractivity (Wildman–Crippen MR) is 73.0 cm³/mol. The van der Waals surface area contributed by atoms with E-state index in [4.69, 9.17) is 0 Å². The van der Waals surface area contributed by atoms with Crippen LogP contribution in [0.5, 0.6) is 0 Å². The molecule has 0 aliphatic heterocycles. The zero-order valence-corrected chi connectivity index (χ0v) is 10.6. The summed E-state index contributed by atoms with van der Waals surface area (Å²) in [5.41, 5.74) is 1.56. The number of halogens is 1. The first kappa shape index (κ1) is 12.5. The molecule has 1 saturated carbocycles. The summed E-state index contributed by atoms with van der Waals surface area (Å²) in [6.45, 7) is 0. The van der Waals surface area contributed by atoms with Gasteiger partial charge in [0.05, 0.1) is 29.3 Å². The lowest BCUT2D eigenvalue weighted by molar-refractivity contribution is 0.102. The van der Waals surface area contributed by atoms with E-state index in [1.807, 2.05) is 0 Å². The third-order valence-corrected chi connectivity index (χ3v) is 3.01. The van der Waals surface area contributed by atoms with Gasteiger partial charge in [-0.3, -0.25) is 4.79 Å². The molecule has 1 aliphatic rings. The summed E-state index contributed by atoms with van der Waals surface area (Å²) in [4.78, 5) is 12.1. The third-order valence-electron chi connectivity index (χ3n) is 3.01. The van der Waals surface area contributed by atoms with Gasteiger partial charge < -0.3 is 10.6 Å². The molecule has 102 valence electrons. The number of carbonyl (C=O) groups excluding carboxylic acids is 1. The van der Waals surface area contributed by atoms with Crippen LogP contribution in [0, 0.1) is 5.82 Å². The Morgan fingerprint density at radius 1 is 1.20 bits per heavy atom. The quantitative estimate of drug-likeness (QED) is 0.897. The number of anilines is 2. The second-order valence-electron chi connectivity index (χ2n) is 4.69. The number of rotatable bonds is 4. The van der Waals surface area contributed by atoms with E-state index in [0.717, 1.165) is 12.8 Å². The predicted octanol–water partition coefficient (Wildman–Crippen LogP) is 2.44. The highest BCUT2D eigenvalue weighted by Crippen LogP contribution is 2.30. The number of aromatic nitrogens is 2. The van der Waals surface area contributed by atoms with Gasteiger partial charge in [0.1, 0.15) is 5.82 Å². The molecule has 1 amide bonds. The molecule has 0 radical (unpaired) electrons. The first-order valence-corrected chi connectivity index (χ1v) is 6.36. The molecule has 2 N–H and O–H groups in total. The molecule has 20 heavy (non-hydrogen) atoms. The van der Waals surface area contributed by atoms with Gasteiger partial charge in [-0.2, -0.15) is 10.2 Å². The van der Waals surface area contributed by atoms with Crippen LogP contribution < -0.4 is 10.6 Å². The van der Waals surface area contributed by atoms with Crippen LogP contribution in [0.15, 0.2) is 36.7 Å². The van der Waals surface area contributed by atoms with Crippen molar-refractivity contribution in [3.05, 3.63) is 48.0 Å². The van der Waals surface area contributed by atoms with Gasteiger partial charge in [-0.05, 0) is 37.1 Å². The molecule has 3 rings (SSSR count). The van der Waals surface area contributed by atoms with Crippen molar-refractivity contribution < 1.29 is 9.18 Å². The molecule has 0 spiro atoms. The van der Waals surface area contributed by atoms with E-state index in [9.17, 15) is 9.18 Å². The fourth-order valence-electron chi connectivity index (χ4n) is 1.81. The molecule has 1 aromatic heterocycles. The Balaban J connectivity index is 1.81. The van der Waals surface area contributed by atoms with Gasteiger partial charge in [0.15, 0.2) is 0 Å². The lowest BCUT2D eigenvalue weighted by atomic mass is 10.2. The third kappa shape index (κ3) is 2.90. The van der Waals surface area contributed by atoms with Gasteiger partial charge in [-0.1, -0.05) is 0 Å². The van der Waals surface area contributed by atoms with Gasteiger partial charge in [0.2, 0.25) is 0 Å². The van der Waals surface area contributed by atoms with E-state index in [1.54, 1.807) is 12.1 Å². The zero-order valence-electron chi connectivity index (χ0n) is 10.6. The van der Waals surface area contributed by atoms with Crippen LogP contribution in [0.4, 0.5) is 15.8 Å². The number of carbonyl (C=O) groups is 1. The summed E-state index contributed by atoms with van der Waals surface area (Å²) in [6.07, 6.45) is 4.96. The number of benzene rings is 1. The first-order valence-electron chi connectivity index (χ1n) is 6.36. The highest BCUT2D eigenvalue weighted by atomic mass is 19.1. The van der Waals surface area contributed by atoms with Gasteiger partial charge >= 0.3 is 0 Å². The summed E-state index contributed by atoms with van der Waals surface area (Å²) in [5, 5.41) is 13.2. The Kier molecular flexibility index (Phi) is 3.28. The van der Waals surface area contributed by atoms with Crippen molar-refractivity contribution in [1.29, 1.82) is 0 Å². The van der Waals surface area contributed by atoms with Gasteiger partial charge in [-0.15, -0.1) is 0 Å². The molecular formula is C14H13FN4O. The van der Waals surface area contributed by atoms with Crippen LogP contribution in [0.2, 0.25) is 0 Å². The maximum Gasteiger partial charge on any atom is 0.257 e. The molecule has 6 heteroatoms. The minimum Gasteiger partial charge on any atom is -0.381 e. The molecule has 1 fully saturated rings. The molecule has 0 bridgehead atoms. The highest BCUT2D eigenvalue weighted by Gasteiger charge is 2.22. The van der Waals surface area contributed by atoms with Crippen LogP contribution >= 0.6 is 0 Å². The minimum absolute atomic E-state index is 0.301. The van der Waals surface area contributed by atoms with E-state index < -0.39 is 0 Å². The second-order valence-corrected chi connectivity index (χ2v) is 4.69. The SMILES string of the molecule is O=C(Nc1ccc(F)cc1NC1CC1)c1ccnnc1. The average Bonchev–Trinajstić information content (AvgIpc) is 3.27. The normalized spacial score (nSPS) is 13.8. The summed E-state index contributed by atoms with van der Waals surface area (Å²) in [6, 6.07) is 6.19. The largest absolute Gasteiger partial charge is 0.381 e. The lowest BCUT2D eigenvalue weighted by Gasteiger charge is -2.12. The molecule has 0 unspecified atom stereocenters. The van der Waals surface area contributed by atoms with Crippen molar-refractivity contribution in [2.24, 2.45) is 0 Å². The maximum absolute atomic E-state index is 13.3. The monoisotopic (exact) mass is 272 g/mol. The summed E-state index contributed by atoms with van der Waals surface area (Å²) in [5.74, 6) is -0.637. The molecular weight excluding hydrogens is 259 g/mol. The van der Waals surface area contributed by atoms with Crippen molar-refractivity contribution in [3.8, 4) is 0 Å². The Morgan fingerprint density at radius 3 is 2.75 bits per heavy atom. The summed E-state index contributed by atoms with van der Waals surface area (Å²) >= 11 is 0. The molecule has 1 aromatic carbocycles. The van der Waals surface area contributed by atoms with Crippen molar-refractivity contribution in [2.45, 2.75) is 18.9 Å². The smallest absolute Gasteiger partial charge is 0.257 e. The Labute approximate surface area is 115 Å². The van der Waals surface area contributed by atoms with E-state index in [-0.39, 0.29) is 11.7 Å². The molecule has 1 heterocycles. The van der Waals surface area contributed by atoms with Crippen molar-refractivity contribution >= 4 is 17.3 Å². The topological polar surface area (TPSA) is 66.9 Å². The van der Waals surface area contributed by atoms with Crippen LogP contribution in [0.1, 0.15) is 23.2 Å². The number of nitrogens with one attached hydrogen (secondary N) is 2. The van der Waals surface area contributed by atoms with E-state index in [1.165, 1.54) is 24.5 Å². The van der Waals surface area contributed by atoms with E-state index in [2.05, 4.69) is 20.8 Å². The lowest BCUT2D eigenvalue weighted by Crippen LogP contribution is -2.14. The molecule has 1 aliphatic carbocycles. The van der Waals surface area contributed by atoms with Gasteiger partial charge in [0, 0.05) is 6.04 Å². The number of hydrogen-bond acceptors (Lipinski definition) is 4. The number of nitrogens with zero attached hydrogens (tertiary/aromatic N) is 2. The Hall–Kier alpha value is -2.50. The first-order chi connectivity index (χ1) is 9.72. The van der Waals surface area contributed by atoms with Crippen LogP contribution in [0.3, 0.4) is 0 Å². The van der Waals surface area contributed by atoms with Crippen LogP contribution in [-0.2, 0) is 0 Å². The second kappa shape index (κ2) is 5.24. The van der Waals surface area contributed by atoms with Gasteiger partial charge in [0.25, 0.3) is 5.91 Å². The molecule has 2 aromatic rings. The standard InChI is InChI=1S/C14H13FN4O/c15-10-1-4-12(13(7-10)18-11-2-3-11)19-14(20)9-5-6-16-17-8-9/h1,4-8,11,18H,2-3H2,(H,19,20). The fraction of sp³-hybridized carbons (Fsp3) is 0.214. The fourth-order valence-corrected chi connectivity index (χ4v) is 1.81. The van der Waals surface area contributed by atoms with Gasteiger partial charge in [-0.25, -0.2) is 4.39 Å². The summed E-state index contributed by atoms with van der Waals surface area (Å²) < 4.78 is 13.3. The van der Waals surface area contributed by atoms with Crippen LogP contribution in [-0.4, -0.2) is 22.1 Å². The van der Waals surface area contributed by atoms with Crippen molar-refractivity contribution in [1.82, 2.24) is 10.2 Å². The van der Waals surface area contributed by atoms with Crippen molar-refractivity contribution in [3.63, 3.8) is 0 Å². The average molecular weight is 272 g/mol. The number of hydrogen-bond donors (Lipinski definition) is 2. The molecule has 0 saturated heterocycles. The number of amides is 1. The van der Waals surface area contributed by atoms with Crippen molar-refractivity contribution in [2.75, 3.05) is 10.6 Å². The maximum atomic E-state index is 13.3. The summed E-state index contributed by atoms with van der Waals surface area (Å²) in [7, 11) is 0. The Bertz CT molecular complexity index is 628.